The lowest BCUT2D eigenvalue weighted by molar-refractivity contribution is 0.685. The summed E-state index contributed by atoms with van der Waals surface area (Å²) in [7, 11) is 1.91. The highest BCUT2D eigenvalue weighted by atomic mass is 32.2. The molecule has 0 bridgehead atoms. The minimum atomic E-state index is 0.977. The fourth-order valence-corrected chi connectivity index (χ4v) is 2.27. The van der Waals surface area contributed by atoms with Crippen LogP contribution >= 0.6 is 11.8 Å². The Morgan fingerprint density at radius 2 is 2.12 bits per heavy atom. The lowest BCUT2D eigenvalue weighted by Gasteiger charge is -2.05. The highest BCUT2D eigenvalue weighted by molar-refractivity contribution is 7.99. The Morgan fingerprint density at radius 3 is 2.82 bits per heavy atom. The van der Waals surface area contributed by atoms with Gasteiger partial charge in [0.1, 0.15) is 6.33 Å². The van der Waals surface area contributed by atoms with Gasteiger partial charge in [0, 0.05) is 25.0 Å². The number of nitrogens with one attached hydrogen (secondary N) is 1. The molecule has 1 aromatic heterocycles. The fourth-order valence-electron chi connectivity index (χ4n) is 1.44. The molecule has 1 N–H and O–H groups in total. The van der Waals surface area contributed by atoms with E-state index in [1.165, 1.54) is 5.69 Å². The molecule has 0 unspecified atom stereocenters. The first kappa shape index (κ1) is 12.0. The molecule has 0 aliphatic rings. The molecule has 4 nitrogen and oxygen atoms in total. The number of nitrogens with zero attached hydrogens (tertiary/aromatic N) is 3. The molecule has 1 aromatic carbocycles. The summed E-state index contributed by atoms with van der Waals surface area (Å²) in [6.45, 7) is 0.981. The normalized spacial score (nSPS) is 10.4. The minimum Gasteiger partial charge on any atom is -0.385 e. The van der Waals surface area contributed by atoms with E-state index in [4.69, 9.17) is 0 Å². The summed E-state index contributed by atoms with van der Waals surface area (Å²) < 4.78 is 1.80. The van der Waals surface area contributed by atoms with Crippen LogP contribution < -0.4 is 5.32 Å². The van der Waals surface area contributed by atoms with E-state index in [-0.39, 0.29) is 0 Å². The van der Waals surface area contributed by atoms with E-state index in [2.05, 4.69) is 27.5 Å². The third-order valence-electron chi connectivity index (χ3n) is 2.33. The number of hydrogen-bond donors (Lipinski definition) is 1. The maximum Gasteiger partial charge on any atom is 0.185 e. The third-order valence-corrected chi connectivity index (χ3v) is 3.45. The first-order valence-corrected chi connectivity index (χ1v) is 6.60. The van der Waals surface area contributed by atoms with Crippen LogP contribution in [0.15, 0.2) is 41.8 Å². The molecule has 0 aliphatic carbocycles. The highest BCUT2D eigenvalue weighted by Crippen LogP contribution is 2.14. The summed E-state index contributed by atoms with van der Waals surface area (Å²) in [5.74, 6) is 1.05. The van der Waals surface area contributed by atoms with Crippen LogP contribution in [0.3, 0.4) is 0 Å². The standard InChI is InChI=1S/C12H16N4S/c1-16-12(14-10-15-16)17-9-5-8-13-11-6-3-2-4-7-11/h2-4,6-7,10,13H,5,8-9H2,1H3. The van der Waals surface area contributed by atoms with E-state index in [0.29, 0.717) is 0 Å². The molecular weight excluding hydrogens is 232 g/mol. The van der Waals surface area contributed by atoms with Gasteiger partial charge in [-0.1, -0.05) is 30.0 Å². The van der Waals surface area contributed by atoms with Crippen LogP contribution in [0.5, 0.6) is 0 Å². The number of para-hydroxylation sites is 1. The third kappa shape index (κ3) is 3.78. The quantitative estimate of drug-likeness (QED) is 0.630. The van der Waals surface area contributed by atoms with Crippen molar-refractivity contribution in [2.45, 2.75) is 11.6 Å². The van der Waals surface area contributed by atoms with Crippen molar-refractivity contribution in [1.82, 2.24) is 14.8 Å². The second kappa shape index (κ2) is 6.30. The smallest absolute Gasteiger partial charge is 0.185 e. The predicted molar refractivity (Wildman–Crippen MR) is 71.3 cm³/mol. The summed E-state index contributed by atoms with van der Waals surface area (Å²) >= 11 is 1.74. The van der Waals surface area contributed by atoms with Gasteiger partial charge in [0.15, 0.2) is 5.16 Å². The van der Waals surface area contributed by atoms with Gasteiger partial charge in [0.2, 0.25) is 0 Å². The van der Waals surface area contributed by atoms with Gasteiger partial charge in [0.05, 0.1) is 0 Å². The number of rotatable bonds is 6. The fraction of sp³-hybridized carbons (Fsp3) is 0.333. The first-order chi connectivity index (χ1) is 8.36. The Balaban J connectivity index is 1.63. The zero-order chi connectivity index (χ0) is 11.9. The van der Waals surface area contributed by atoms with E-state index >= 15 is 0 Å². The van der Waals surface area contributed by atoms with E-state index in [9.17, 15) is 0 Å². The van der Waals surface area contributed by atoms with E-state index in [1.807, 2.05) is 25.2 Å². The molecule has 17 heavy (non-hydrogen) atoms. The molecule has 0 radical (unpaired) electrons. The van der Waals surface area contributed by atoms with Crippen molar-refractivity contribution in [3.05, 3.63) is 36.7 Å². The molecule has 0 aliphatic heterocycles. The van der Waals surface area contributed by atoms with Crippen molar-refractivity contribution < 1.29 is 0 Å². The zero-order valence-electron chi connectivity index (χ0n) is 9.84. The predicted octanol–water partition coefficient (Wildman–Crippen LogP) is 2.41. The van der Waals surface area contributed by atoms with E-state index in [0.717, 1.165) is 23.9 Å². The lowest BCUT2D eigenvalue weighted by Crippen LogP contribution is -2.02. The Bertz CT molecular complexity index is 441. The number of aryl methyl sites for hydroxylation is 1. The summed E-state index contributed by atoms with van der Waals surface area (Å²) in [6.07, 6.45) is 2.69. The summed E-state index contributed by atoms with van der Waals surface area (Å²) in [5.41, 5.74) is 1.18. The highest BCUT2D eigenvalue weighted by Gasteiger charge is 1.99. The summed E-state index contributed by atoms with van der Waals surface area (Å²) in [4.78, 5) is 4.17. The second-order valence-electron chi connectivity index (χ2n) is 3.66. The maximum absolute atomic E-state index is 4.17. The van der Waals surface area contributed by atoms with Crippen LogP contribution in [0.2, 0.25) is 0 Å². The molecule has 2 aromatic rings. The van der Waals surface area contributed by atoms with Crippen LogP contribution in [-0.2, 0) is 7.05 Å². The van der Waals surface area contributed by atoms with Crippen LogP contribution in [0, 0.1) is 0 Å². The molecule has 0 amide bonds. The molecule has 0 saturated heterocycles. The molecule has 5 heteroatoms. The molecule has 0 fully saturated rings. The van der Waals surface area contributed by atoms with Gasteiger partial charge in [-0.2, -0.15) is 5.10 Å². The Kier molecular flexibility index (Phi) is 4.44. The van der Waals surface area contributed by atoms with Gasteiger partial charge in [0.25, 0.3) is 0 Å². The molecule has 90 valence electrons. The molecule has 2 rings (SSSR count). The Hall–Kier alpha value is -1.49. The number of thioether (sulfide) groups is 1. The van der Waals surface area contributed by atoms with Crippen molar-refractivity contribution in [3.8, 4) is 0 Å². The molecule has 0 saturated carbocycles. The van der Waals surface area contributed by atoms with Gasteiger partial charge in [-0.3, -0.25) is 0 Å². The van der Waals surface area contributed by atoms with E-state index in [1.54, 1.807) is 22.8 Å². The molecule has 1 heterocycles. The van der Waals surface area contributed by atoms with Gasteiger partial charge < -0.3 is 5.32 Å². The summed E-state index contributed by atoms with van der Waals surface area (Å²) in [5, 5.41) is 8.39. The number of anilines is 1. The van der Waals surface area contributed by atoms with Crippen molar-refractivity contribution in [1.29, 1.82) is 0 Å². The monoisotopic (exact) mass is 248 g/mol. The maximum atomic E-state index is 4.17. The number of hydrogen-bond acceptors (Lipinski definition) is 4. The van der Waals surface area contributed by atoms with Crippen LogP contribution in [0.1, 0.15) is 6.42 Å². The number of benzene rings is 1. The lowest BCUT2D eigenvalue weighted by atomic mass is 10.3. The van der Waals surface area contributed by atoms with Crippen LogP contribution in [0.4, 0.5) is 5.69 Å². The van der Waals surface area contributed by atoms with Crippen molar-refractivity contribution in [2.75, 3.05) is 17.6 Å². The van der Waals surface area contributed by atoms with Gasteiger partial charge in [-0.15, -0.1) is 0 Å². The van der Waals surface area contributed by atoms with Gasteiger partial charge in [-0.25, -0.2) is 9.67 Å². The number of aromatic nitrogens is 3. The molecular formula is C12H16N4S. The Labute approximate surface area is 105 Å². The van der Waals surface area contributed by atoms with Crippen molar-refractivity contribution >= 4 is 17.4 Å². The Morgan fingerprint density at radius 1 is 1.29 bits per heavy atom. The summed E-state index contributed by atoms with van der Waals surface area (Å²) in [6, 6.07) is 10.3. The minimum absolute atomic E-state index is 0.977. The molecule has 0 spiro atoms. The average molecular weight is 248 g/mol. The zero-order valence-corrected chi connectivity index (χ0v) is 10.7. The second-order valence-corrected chi connectivity index (χ2v) is 4.72. The van der Waals surface area contributed by atoms with Crippen molar-refractivity contribution in [2.24, 2.45) is 7.05 Å². The molecule has 0 atom stereocenters. The topological polar surface area (TPSA) is 42.7 Å². The van der Waals surface area contributed by atoms with Crippen LogP contribution in [-0.4, -0.2) is 27.1 Å². The average Bonchev–Trinajstić information content (AvgIpc) is 2.76. The van der Waals surface area contributed by atoms with E-state index < -0.39 is 0 Å². The largest absolute Gasteiger partial charge is 0.385 e. The van der Waals surface area contributed by atoms with Crippen molar-refractivity contribution in [3.63, 3.8) is 0 Å². The first-order valence-electron chi connectivity index (χ1n) is 5.62. The van der Waals surface area contributed by atoms with Gasteiger partial charge in [-0.05, 0) is 18.6 Å². The van der Waals surface area contributed by atoms with Gasteiger partial charge >= 0.3 is 0 Å². The van der Waals surface area contributed by atoms with Crippen LogP contribution in [0.25, 0.3) is 0 Å². The SMILES string of the molecule is Cn1ncnc1SCCCNc1ccccc1.